The summed E-state index contributed by atoms with van der Waals surface area (Å²) in [5.41, 5.74) is 2.15. The van der Waals surface area contributed by atoms with Crippen LogP contribution in [0.5, 0.6) is 0 Å². The van der Waals surface area contributed by atoms with E-state index >= 15 is 0 Å². The Hall–Kier alpha value is -2.44. The molecule has 0 aliphatic rings. The van der Waals surface area contributed by atoms with Gasteiger partial charge in [0.1, 0.15) is 9.46 Å². The molecule has 1 aromatic heterocycles. The molecular formula is C20H19NO3S2. The Labute approximate surface area is 157 Å². The average molecular weight is 386 g/mol. The number of nitrogens with one attached hydrogen (secondary N) is 1. The molecular weight excluding hydrogens is 366 g/mol. The van der Waals surface area contributed by atoms with Gasteiger partial charge in [0.25, 0.3) is 5.91 Å². The molecule has 6 heteroatoms. The molecule has 0 aliphatic carbocycles. The summed E-state index contributed by atoms with van der Waals surface area (Å²) in [6, 6.07) is 19.5. The van der Waals surface area contributed by atoms with E-state index < -0.39 is 15.1 Å². The fourth-order valence-corrected chi connectivity index (χ4v) is 5.58. The number of sulfone groups is 1. The van der Waals surface area contributed by atoms with Gasteiger partial charge in [-0.2, -0.15) is 0 Å². The van der Waals surface area contributed by atoms with Crippen LogP contribution in [-0.4, -0.2) is 20.9 Å². The summed E-state index contributed by atoms with van der Waals surface area (Å²) in [5.74, 6) is -0.281. The van der Waals surface area contributed by atoms with Gasteiger partial charge in [-0.15, -0.1) is 11.3 Å². The molecule has 0 bridgehead atoms. The van der Waals surface area contributed by atoms with E-state index in [0.29, 0.717) is 15.3 Å². The molecule has 3 aromatic rings. The summed E-state index contributed by atoms with van der Waals surface area (Å²) in [7, 11) is -3.59. The molecule has 0 fully saturated rings. The van der Waals surface area contributed by atoms with Crippen LogP contribution in [0.15, 0.2) is 76.3 Å². The Bertz CT molecular complexity index is 981. The molecule has 134 valence electrons. The number of amides is 1. The number of rotatable bonds is 6. The number of thiophene rings is 1. The molecule has 1 N–H and O–H groups in total. The fraction of sp³-hybridized carbons (Fsp3) is 0.150. The van der Waals surface area contributed by atoms with E-state index in [1.165, 1.54) is 11.3 Å². The highest BCUT2D eigenvalue weighted by Gasteiger charge is 2.30. The second kappa shape index (κ2) is 7.85. The molecule has 1 heterocycles. The van der Waals surface area contributed by atoms with Gasteiger partial charge in [-0.1, -0.05) is 54.1 Å². The molecule has 0 radical (unpaired) electrons. The lowest BCUT2D eigenvalue weighted by Crippen LogP contribution is -2.31. The van der Waals surface area contributed by atoms with Gasteiger partial charge in [0.05, 0.1) is 0 Å². The molecule has 0 saturated carbocycles. The minimum Gasteiger partial charge on any atom is -0.350 e. The normalized spacial score (nSPS) is 12.5. The highest BCUT2D eigenvalue weighted by atomic mass is 32.2. The van der Waals surface area contributed by atoms with Crippen molar-refractivity contribution in [2.45, 2.75) is 16.4 Å². The van der Waals surface area contributed by atoms with Crippen molar-refractivity contribution in [3.05, 3.63) is 88.8 Å². The van der Waals surface area contributed by atoms with Crippen molar-refractivity contribution in [1.82, 2.24) is 5.32 Å². The van der Waals surface area contributed by atoms with Gasteiger partial charge in [0, 0.05) is 12.1 Å². The fourth-order valence-electron chi connectivity index (χ4n) is 2.71. The van der Waals surface area contributed by atoms with Crippen LogP contribution in [0.1, 0.15) is 26.7 Å². The van der Waals surface area contributed by atoms with E-state index in [1.807, 2.05) is 19.1 Å². The van der Waals surface area contributed by atoms with Gasteiger partial charge in [0.15, 0.2) is 9.84 Å². The van der Waals surface area contributed by atoms with Crippen LogP contribution in [-0.2, 0) is 9.84 Å². The Morgan fingerprint density at radius 2 is 1.81 bits per heavy atom. The topological polar surface area (TPSA) is 63.2 Å². The minimum atomic E-state index is -3.59. The van der Waals surface area contributed by atoms with Gasteiger partial charge in [-0.05, 0) is 36.1 Å². The summed E-state index contributed by atoms with van der Waals surface area (Å²) in [5, 5.41) is 3.68. The quantitative estimate of drug-likeness (QED) is 0.697. The van der Waals surface area contributed by atoms with Crippen LogP contribution in [0, 0.1) is 6.92 Å². The van der Waals surface area contributed by atoms with Gasteiger partial charge in [0.2, 0.25) is 0 Å². The molecule has 26 heavy (non-hydrogen) atoms. The monoisotopic (exact) mass is 385 g/mol. The van der Waals surface area contributed by atoms with E-state index in [4.69, 9.17) is 0 Å². The maximum absolute atomic E-state index is 13.1. The first-order valence-electron chi connectivity index (χ1n) is 8.15. The van der Waals surface area contributed by atoms with E-state index in [9.17, 15) is 13.2 Å². The molecule has 3 rings (SSSR count). The van der Waals surface area contributed by atoms with Gasteiger partial charge in [-0.3, -0.25) is 4.79 Å². The standard InChI is InChI=1S/C20H19NO3S2/c1-15-7-5-10-17(13-15)20(22)21-14-18(16-8-3-2-4-9-16)26(23,24)19-11-6-12-25-19/h2-13,18H,14H2,1H3,(H,21,22)/t18-/m1/s1. The summed E-state index contributed by atoms with van der Waals surface area (Å²) >= 11 is 1.18. The Balaban J connectivity index is 1.87. The average Bonchev–Trinajstić information content (AvgIpc) is 3.18. The maximum atomic E-state index is 13.1. The Morgan fingerprint density at radius 3 is 2.46 bits per heavy atom. The zero-order valence-electron chi connectivity index (χ0n) is 14.3. The third kappa shape index (κ3) is 4.03. The van der Waals surface area contributed by atoms with Gasteiger partial charge < -0.3 is 5.32 Å². The van der Waals surface area contributed by atoms with E-state index in [0.717, 1.165) is 5.56 Å². The third-order valence-corrected chi connectivity index (χ3v) is 7.58. The predicted molar refractivity (Wildman–Crippen MR) is 104 cm³/mol. The molecule has 1 atom stereocenters. The summed E-state index contributed by atoms with van der Waals surface area (Å²) in [6.07, 6.45) is 0. The predicted octanol–water partition coefficient (Wildman–Crippen LogP) is 4.00. The smallest absolute Gasteiger partial charge is 0.251 e. The second-order valence-electron chi connectivity index (χ2n) is 5.96. The Morgan fingerprint density at radius 1 is 1.04 bits per heavy atom. The largest absolute Gasteiger partial charge is 0.350 e. The number of hydrogen-bond donors (Lipinski definition) is 1. The SMILES string of the molecule is Cc1cccc(C(=O)NC[C@H](c2ccccc2)S(=O)(=O)c2cccs2)c1. The highest BCUT2D eigenvalue weighted by molar-refractivity contribution is 7.93. The van der Waals surface area contributed by atoms with Crippen LogP contribution in [0.3, 0.4) is 0 Å². The highest BCUT2D eigenvalue weighted by Crippen LogP contribution is 2.31. The first kappa shape index (κ1) is 18.4. The zero-order chi connectivity index (χ0) is 18.6. The van der Waals surface area contributed by atoms with Crippen molar-refractivity contribution in [2.24, 2.45) is 0 Å². The third-order valence-electron chi connectivity index (χ3n) is 4.05. The maximum Gasteiger partial charge on any atom is 0.251 e. The first-order chi connectivity index (χ1) is 12.5. The molecule has 1 amide bonds. The summed E-state index contributed by atoms with van der Waals surface area (Å²) in [4.78, 5) is 12.4. The first-order valence-corrected chi connectivity index (χ1v) is 10.6. The summed E-state index contributed by atoms with van der Waals surface area (Å²) in [6.45, 7) is 1.92. The lowest BCUT2D eigenvalue weighted by molar-refractivity contribution is 0.0953. The molecule has 0 unspecified atom stereocenters. The van der Waals surface area contributed by atoms with Crippen LogP contribution < -0.4 is 5.32 Å². The van der Waals surface area contributed by atoms with Gasteiger partial charge in [-0.25, -0.2) is 8.42 Å². The van der Waals surface area contributed by atoms with Crippen molar-refractivity contribution in [2.75, 3.05) is 6.54 Å². The molecule has 4 nitrogen and oxygen atoms in total. The number of carbonyl (C=O) groups excluding carboxylic acids is 1. The second-order valence-corrected chi connectivity index (χ2v) is 9.26. The summed E-state index contributed by atoms with van der Waals surface area (Å²) < 4.78 is 26.4. The van der Waals surface area contributed by atoms with E-state index in [2.05, 4.69) is 5.32 Å². The van der Waals surface area contributed by atoms with Crippen LogP contribution >= 0.6 is 11.3 Å². The molecule has 0 spiro atoms. The van der Waals surface area contributed by atoms with Crippen LogP contribution in [0.25, 0.3) is 0 Å². The van der Waals surface area contributed by atoms with Crippen molar-refractivity contribution < 1.29 is 13.2 Å². The number of benzene rings is 2. The minimum absolute atomic E-state index is 0.0109. The Kier molecular flexibility index (Phi) is 5.54. The lowest BCUT2D eigenvalue weighted by atomic mass is 10.1. The number of aryl methyl sites for hydroxylation is 1. The van der Waals surface area contributed by atoms with Gasteiger partial charge >= 0.3 is 0 Å². The van der Waals surface area contributed by atoms with Crippen molar-refractivity contribution >= 4 is 27.1 Å². The van der Waals surface area contributed by atoms with Crippen molar-refractivity contribution in [3.63, 3.8) is 0 Å². The van der Waals surface area contributed by atoms with Crippen LogP contribution in [0.2, 0.25) is 0 Å². The van der Waals surface area contributed by atoms with Crippen molar-refractivity contribution in [1.29, 1.82) is 0 Å². The van der Waals surface area contributed by atoms with Crippen LogP contribution in [0.4, 0.5) is 0 Å². The van der Waals surface area contributed by atoms with Crippen molar-refractivity contribution in [3.8, 4) is 0 Å². The van der Waals surface area contributed by atoms with E-state index in [-0.39, 0.29) is 12.5 Å². The number of hydrogen-bond acceptors (Lipinski definition) is 4. The molecule has 0 aliphatic heterocycles. The van der Waals surface area contributed by atoms with E-state index in [1.54, 1.807) is 60.0 Å². The zero-order valence-corrected chi connectivity index (χ0v) is 15.9. The lowest BCUT2D eigenvalue weighted by Gasteiger charge is -2.18. The molecule has 0 saturated heterocycles. The molecule has 2 aromatic carbocycles. The number of carbonyl (C=O) groups is 1.